The Balaban J connectivity index is 1.91. The Morgan fingerprint density at radius 3 is 2.58 bits per heavy atom. The van der Waals surface area contributed by atoms with Crippen LogP contribution in [0.4, 0.5) is 17.6 Å². The van der Waals surface area contributed by atoms with Crippen LogP contribution < -0.4 is 10.6 Å². The molecule has 0 aliphatic rings. The molecule has 0 atom stereocenters. The molecule has 0 unspecified atom stereocenters. The van der Waals surface area contributed by atoms with Crippen LogP contribution in [0.2, 0.25) is 0 Å². The van der Waals surface area contributed by atoms with Gasteiger partial charge >= 0.3 is 6.18 Å². The van der Waals surface area contributed by atoms with Crippen LogP contribution in [0.5, 0.6) is 0 Å². The molecule has 2 aromatic rings. The van der Waals surface area contributed by atoms with E-state index in [2.05, 4.69) is 20.7 Å². The number of hydrogen-bond donors (Lipinski definition) is 2. The minimum atomic E-state index is -4.50. The molecule has 1 aromatic carbocycles. The van der Waals surface area contributed by atoms with E-state index in [1.165, 1.54) is 32.4 Å². The second-order valence-corrected chi connectivity index (χ2v) is 5.85. The fourth-order valence-corrected chi connectivity index (χ4v) is 2.56. The van der Waals surface area contributed by atoms with Crippen molar-refractivity contribution < 1.29 is 17.6 Å². The zero-order valence-electron chi connectivity index (χ0n) is 14.8. The number of aliphatic imine (C=N–C) groups is 1. The zero-order chi connectivity index (χ0) is 19.3. The Morgan fingerprint density at radius 1 is 1.23 bits per heavy atom. The summed E-state index contributed by atoms with van der Waals surface area (Å²) >= 11 is 0. The second-order valence-electron chi connectivity index (χ2n) is 5.85. The van der Waals surface area contributed by atoms with Crippen LogP contribution in [0.3, 0.4) is 0 Å². The molecule has 0 amide bonds. The van der Waals surface area contributed by atoms with Gasteiger partial charge in [-0.3, -0.25) is 9.67 Å². The molecular weight excluding hydrogens is 350 g/mol. The molecule has 1 aromatic heterocycles. The Kier molecular flexibility index (Phi) is 6.23. The van der Waals surface area contributed by atoms with Crippen molar-refractivity contribution >= 4 is 5.96 Å². The number of nitrogens with one attached hydrogen (secondary N) is 2. The first-order chi connectivity index (χ1) is 12.2. The number of aryl methyl sites for hydroxylation is 2. The van der Waals surface area contributed by atoms with Crippen molar-refractivity contribution in [2.45, 2.75) is 26.1 Å². The fourth-order valence-electron chi connectivity index (χ4n) is 2.56. The van der Waals surface area contributed by atoms with Gasteiger partial charge in [0.1, 0.15) is 5.82 Å². The molecule has 2 N–H and O–H groups in total. The van der Waals surface area contributed by atoms with Gasteiger partial charge in [0.25, 0.3) is 0 Å². The first-order valence-electron chi connectivity index (χ1n) is 8.00. The van der Waals surface area contributed by atoms with Gasteiger partial charge in [0, 0.05) is 38.9 Å². The van der Waals surface area contributed by atoms with Gasteiger partial charge in [-0.2, -0.15) is 18.3 Å². The third-order valence-electron chi connectivity index (χ3n) is 3.83. The molecule has 0 fully saturated rings. The summed E-state index contributed by atoms with van der Waals surface area (Å²) in [6.45, 7) is 2.27. The van der Waals surface area contributed by atoms with E-state index in [1.54, 1.807) is 6.07 Å². The molecule has 2 rings (SSSR count). The molecule has 9 heteroatoms. The highest BCUT2D eigenvalue weighted by molar-refractivity contribution is 5.79. The number of halogens is 4. The lowest BCUT2D eigenvalue weighted by molar-refractivity contribution is -0.142. The highest BCUT2D eigenvalue weighted by atomic mass is 19.4. The second kappa shape index (κ2) is 8.20. The number of guanidine groups is 1. The van der Waals surface area contributed by atoms with Crippen LogP contribution >= 0.6 is 0 Å². The predicted molar refractivity (Wildman–Crippen MR) is 91.3 cm³/mol. The van der Waals surface area contributed by atoms with E-state index >= 15 is 0 Å². The Bertz CT molecular complexity index is 780. The van der Waals surface area contributed by atoms with Gasteiger partial charge < -0.3 is 10.6 Å². The van der Waals surface area contributed by atoms with E-state index in [0.717, 1.165) is 15.8 Å². The Labute approximate surface area is 149 Å². The maximum atomic E-state index is 13.1. The van der Waals surface area contributed by atoms with Crippen molar-refractivity contribution in [1.82, 2.24) is 20.4 Å². The standard InChI is InChI=1S/C17H21F4N5/c1-11-8-14(18)5-4-12(11)6-7-23-16(22-2)24-9-13-10-26(3)25-15(13)17(19,20)21/h4-5,8,10H,6-7,9H2,1-3H3,(H2,22,23,24). The average molecular weight is 371 g/mol. The molecule has 0 saturated carbocycles. The smallest absolute Gasteiger partial charge is 0.356 e. The van der Waals surface area contributed by atoms with Crippen LogP contribution in [0, 0.1) is 12.7 Å². The van der Waals surface area contributed by atoms with E-state index in [1.807, 2.05) is 6.92 Å². The number of benzene rings is 1. The Hall–Kier alpha value is -2.58. The van der Waals surface area contributed by atoms with Crippen molar-refractivity contribution in [3.63, 3.8) is 0 Å². The van der Waals surface area contributed by atoms with Crippen molar-refractivity contribution in [2.75, 3.05) is 13.6 Å². The molecule has 0 bridgehead atoms. The number of hydrogen-bond acceptors (Lipinski definition) is 2. The highest BCUT2D eigenvalue weighted by Gasteiger charge is 2.36. The molecule has 0 aliphatic heterocycles. The molecule has 0 spiro atoms. The topological polar surface area (TPSA) is 54.2 Å². The van der Waals surface area contributed by atoms with E-state index < -0.39 is 11.9 Å². The number of rotatable bonds is 5. The van der Waals surface area contributed by atoms with E-state index in [-0.39, 0.29) is 17.9 Å². The van der Waals surface area contributed by atoms with Gasteiger partial charge in [-0.1, -0.05) is 6.07 Å². The first kappa shape index (κ1) is 19.7. The van der Waals surface area contributed by atoms with Crippen molar-refractivity contribution in [3.8, 4) is 0 Å². The molecule has 5 nitrogen and oxygen atoms in total. The van der Waals surface area contributed by atoms with Crippen LogP contribution in [-0.2, 0) is 26.2 Å². The highest BCUT2D eigenvalue weighted by Crippen LogP contribution is 2.30. The van der Waals surface area contributed by atoms with E-state index in [4.69, 9.17) is 0 Å². The summed E-state index contributed by atoms with van der Waals surface area (Å²) < 4.78 is 53.1. The van der Waals surface area contributed by atoms with Crippen molar-refractivity contribution in [3.05, 3.63) is 52.6 Å². The molecule has 0 aliphatic carbocycles. The Morgan fingerprint density at radius 2 is 1.96 bits per heavy atom. The monoisotopic (exact) mass is 371 g/mol. The largest absolute Gasteiger partial charge is 0.435 e. The molecular formula is C17H21F4N5. The molecule has 26 heavy (non-hydrogen) atoms. The van der Waals surface area contributed by atoms with Crippen molar-refractivity contribution in [1.29, 1.82) is 0 Å². The maximum Gasteiger partial charge on any atom is 0.435 e. The average Bonchev–Trinajstić information content (AvgIpc) is 2.93. The fraction of sp³-hybridized carbons (Fsp3) is 0.412. The number of nitrogens with zero attached hydrogens (tertiary/aromatic N) is 3. The first-order valence-corrected chi connectivity index (χ1v) is 8.00. The minimum absolute atomic E-state index is 0.0392. The lowest BCUT2D eigenvalue weighted by Crippen LogP contribution is -2.38. The van der Waals surface area contributed by atoms with Gasteiger partial charge in [-0.25, -0.2) is 4.39 Å². The lowest BCUT2D eigenvalue weighted by atomic mass is 10.1. The van der Waals surface area contributed by atoms with E-state index in [9.17, 15) is 17.6 Å². The summed E-state index contributed by atoms with van der Waals surface area (Å²) in [5.41, 5.74) is 0.961. The SMILES string of the molecule is CN=C(NCCc1ccc(F)cc1C)NCc1cn(C)nc1C(F)(F)F. The van der Waals surface area contributed by atoms with E-state index in [0.29, 0.717) is 18.9 Å². The van der Waals surface area contributed by atoms with Crippen LogP contribution in [0.1, 0.15) is 22.4 Å². The minimum Gasteiger partial charge on any atom is -0.356 e. The van der Waals surface area contributed by atoms with Crippen LogP contribution in [0.25, 0.3) is 0 Å². The van der Waals surface area contributed by atoms with Gasteiger partial charge in [-0.05, 0) is 36.6 Å². The summed E-state index contributed by atoms with van der Waals surface area (Å²) in [4.78, 5) is 4.00. The zero-order valence-corrected chi connectivity index (χ0v) is 14.8. The number of alkyl halides is 3. The van der Waals surface area contributed by atoms with Gasteiger partial charge in [0.15, 0.2) is 11.7 Å². The maximum absolute atomic E-state index is 13.1. The summed E-state index contributed by atoms with van der Waals surface area (Å²) in [7, 11) is 2.98. The van der Waals surface area contributed by atoms with Gasteiger partial charge in [-0.15, -0.1) is 0 Å². The summed E-state index contributed by atoms with van der Waals surface area (Å²) in [5, 5.41) is 9.34. The van der Waals surface area contributed by atoms with Gasteiger partial charge in [0.05, 0.1) is 0 Å². The normalized spacial score (nSPS) is 12.3. The predicted octanol–water partition coefficient (Wildman–Crippen LogP) is 2.79. The molecule has 1 heterocycles. The van der Waals surface area contributed by atoms with Gasteiger partial charge in [0.2, 0.25) is 0 Å². The molecule has 0 saturated heterocycles. The summed E-state index contributed by atoms with van der Waals surface area (Å²) in [5.74, 6) is 0.0929. The third-order valence-corrected chi connectivity index (χ3v) is 3.83. The number of aromatic nitrogens is 2. The quantitative estimate of drug-likeness (QED) is 0.483. The van der Waals surface area contributed by atoms with Crippen molar-refractivity contribution in [2.24, 2.45) is 12.0 Å². The molecule has 0 radical (unpaired) electrons. The molecule has 142 valence electrons. The summed E-state index contributed by atoms with van der Waals surface area (Å²) in [6, 6.07) is 4.58. The third kappa shape index (κ3) is 5.21. The lowest BCUT2D eigenvalue weighted by Gasteiger charge is -2.13. The summed E-state index contributed by atoms with van der Waals surface area (Å²) in [6.07, 6.45) is -2.55. The van der Waals surface area contributed by atoms with Crippen LogP contribution in [0.15, 0.2) is 29.4 Å². The van der Waals surface area contributed by atoms with Crippen LogP contribution in [-0.4, -0.2) is 29.3 Å².